The molecule has 0 nitrogen and oxygen atoms in total. The number of benzene rings is 11. The zero-order chi connectivity index (χ0) is 35.6. The Morgan fingerprint density at radius 2 is 0.741 bits per heavy atom. The summed E-state index contributed by atoms with van der Waals surface area (Å²) in [7, 11) is 0. The lowest BCUT2D eigenvalue weighted by Gasteiger charge is -2.20. The van der Waals surface area contributed by atoms with Gasteiger partial charge in [-0.1, -0.05) is 182 Å². The van der Waals surface area contributed by atoms with Crippen LogP contribution in [0.3, 0.4) is 0 Å². The SMILES string of the molecule is c1ccc(-c2cccc(-c3c4ccccc4c(-c4ccc5ccccc5c4)c4ccc(-c5cc6ccc7ccccc7c6c6ccccc56)cc34)c2)cc1. The van der Waals surface area contributed by atoms with Crippen LogP contribution in [0.25, 0.3) is 109 Å². The highest BCUT2D eigenvalue weighted by Gasteiger charge is 2.19. The molecule has 0 aliphatic rings. The first-order valence-corrected chi connectivity index (χ1v) is 18.8. The Kier molecular flexibility index (Phi) is 6.97. The predicted octanol–water partition coefficient (Wildman–Crippen LogP) is 15.3. The molecule has 0 bridgehead atoms. The standard InChI is InChI=1S/C54H34/c1-2-13-35(14-3-1)39-18-12-19-41(31-39)54-48-24-11-10-23-47(48)53(42-27-25-36-15-4-5-17-38(36)32-42)49-30-29-40(33-51(49)54)50-34-43-28-26-37-16-6-7-20-44(37)52(43)46-22-9-8-21-45(46)50/h1-34H. The van der Waals surface area contributed by atoms with Gasteiger partial charge in [0.1, 0.15) is 0 Å². The maximum absolute atomic E-state index is 2.46. The summed E-state index contributed by atoms with van der Waals surface area (Å²) in [6, 6.07) is 76.2. The Labute approximate surface area is 314 Å². The zero-order valence-electron chi connectivity index (χ0n) is 29.6. The highest BCUT2D eigenvalue weighted by Crippen LogP contribution is 2.47. The molecule has 0 aromatic heterocycles. The van der Waals surface area contributed by atoms with Crippen molar-refractivity contribution < 1.29 is 0 Å². The van der Waals surface area contributed by atoms with Gasteiger partial charge in [-0.2, -0.15) is 0 Å². The van der Waals surface area contributed by atoms with Gasteiger partial charge in [-0.15, -0.1) is 0 Å². The van der Waals surface area contributed by atoms with Crippen molar-refractivity contribution in [3.05, 3.63) is 206 Å². The molecular weight excluding hydrogens is 649 g/mol. The normalized spacial score (nSPS) is 11.7. The minimum atomic E-state index is 1.22. The van der Waals surface area contributed by atoms with Gasteiger partial charge < -0.3 is 0 Å². The van der Waals surface area contributed by atoms with E-state index in [0.29, 0.717) is 0 Å². The van der Waals surface area contributed by atoms with E-state index >= 15 is 0 Å². The van der Waals surface area contributed by atoms with Gasteiger partial charge in [0.2, 0.25) is 0 Å². The smallest absolute Gasteiger partial charge is 0.00259 e. The lowest BCUT2D eigenvalue weighted by molar-refractivity contribution is 1.61. The number of fused-ring (bicyclic) bond motifs is 8. The van der Waals surface area contributed by atoms with E-state index in [4.69, 9.17) is 0 Å². The molecule has 0 heterocycles. The van der Waals surface area contributed by atoms with Gasteiger partial charge in [0.25, 0.3) is 0 Å². The molecule has 11 aromatic rings. The van der Waals surface area contributed by atoms with Crippen LogP contribution in [-0.2, 0) is 0 Å². The van der Waals surface area contributed by atoms with Gasteiger partial charge in [-0.05, 0) is 133 Å². The minimum Gasteiger partial charge on any atom is -0.0622 e. The fourth-order valence-electron chi connectivity index (χ4n) is 8.91. The second-order valence-electron chi connectivity index (χ2n) is 14.4. The molecule has 0 spiro atoms. The number of hydrogen-bond acceptors (Lipinski definition) is 0. The van der Waals surface area contributed by atoms with E-state index in [1.807, 2.05) is 0 Å². The van der Waals surface area contributed by atoms with Crippen molar-refractivity contribution >= 4 is 64.6 Å². The van der Waals surface area contributed by atoms with Gasteiger partial charge in [0.05, 0.1) is 0 Å². The molecule has 0 fully saturated rings. The quantitative estimate of drug-likeness (QED) is 0.128. The molecule has 0 radical (unpaired) electrons. The first kappa shape index (κ1) is 30.6. The predicted molar refractivity (Wildman–Crippen MR) is 233 cm³/mol. The Hall–Kier alpha value is -7.02. The van der Waals surface area contributed by atoms with Crippen molar-refractivity contribution in [2.45, 2.75) is 0 Å². The molecular formula is C54H34. The summed E-state index contributed by atoms with van der Waals surface area (Å²) in [5, 5.41) is 15.2. The van der Waals surface area contributed by atoms with Gasteiger partial charge in [-0.3, -0.25) is 0 Å². The van der Waals surface area contributed by atoms with E-state index in [0.717, 1.165) is 0 Å². The molecule has 0 heteroatoms. The van der Waals surface area contributed by atoms with Gasteiger partial charge in [-0.25, -0.2) is 0 Å². The summed E-state index contributed by atoms with van der Waals surface area (Å²) in [5.74, 6) is 0. The van der Waals surface area contributed by atoms with E-state index in [1.54, 1.807) is 0 Å². The van der Waals surface area contributed by atoms with Crippen molar-refractivity contribution in [2.24, 2.45) is 0 Å². The third kappa shape index (κ3) is 4.85. The van der Waals surface area contributed by atoms with Crippen LogP contribution < -0.4 is 0 Å². The lowest BCUT2D eigenvalue weighted by atomic mass is 9.83. The third-order valence-corrected chi connectivity index (χ3v) is 11.4. The van der Waals surface area contributed by atoms with Crippen molar-refractivity contribution in [1.82, 2.24) is 0 Å². The van der Waals surface area contributed by atoms with E-state index in [2.05, 4.69) is 206 Å². The summed E-state index contributed by atoms with van der Waals surface area (Å²) in [6.07, 6.45) is 0. The van der Waals surface area contributed by atoms with E-state index in [-0.39, 0.29) is 0 Å². The Morgan fingerprint density at radius 1 is 0.204 bits per heavy atom. The molecule has 11 rings (SSSR count). The molecule has 0 amide bonds. The summed E-state index contributed by atoms with van der Waals surface area (Å²) < 4.78 is 0. The number of rotatable bonds is 4. The zero-order valence-corrected chi connectivity index (χ0v) is 29.6. The number of hydrogen-bond donors (Lipinski definition) is 0. The van der Waals surface area contributed by atoms with E-state index in [9.17, 15) is 0 Å². The summed E-state index contributed by atoms with van der Waals surface area (Å²) in [4.78, 5) is 0. The molecule has 0 saturated heterocycles. The first-order valence-electron chi connectivity index (χ1n) is 18.8. The summed E-state index contributed by atoms with van der Waals surface area (Å²) >= 11 is 0. The summed E-state index contributed by atoms with van der Waals surface area (Å²) in [5.41, 5.74) is 9.89. The van der Waals surface area contributed by atoms with Crippen LogP contribution in [0, 0.1) is 0 Å². The van der Waals surface area contributed by atoms with Crippen LogP contribution in [0.5, 0.6) is 0 Å². The third-order valence-electron chi connectivity index (χ3n) is 11.4. The van der Waals surface area contributed by atoms with Crippen LogP contribution in [0.4, 0.5) is 0 Å². The second-order valence-corrected chi connectivity index (χ2v) is 14.4. The molecule has 11 aromatic carbocycles. The van der Waals surface area contributed by atoms with Gasteiger partial charge >= 0.3 is 0 Å². The molecule has 250 valence electrons. The molecule has 0 atom stereocenters. The Bertz CT molecular complexity index is 3260. The fourth-order valence-corrected chi connectivity index (χ4v) is 8.91. The summed E-state index contributed by atoms with van der Waals surface area (Å²) in [6.45, 7) is 0. The highest BCUT2D eigenvalue weighted by molar-refractivity contribution is 6.25. The first-order chi connectivity index (χ1) is 26.8. The fraction of sp³-hybridized carbons (Fsp3) is 0. The molecule has 0 saturated carbocycles. The molecule has 54 heavy (non-hydrogen) atoms. The maximum Gasteiger partial charge on any atom is -0.00259 e. The monoisotopic (exact) mass is 682 g/mol. The van der Waals surface area contributed by atoms with Crippen LogP contribution in [0.1, 0.15) is 0 Å². The van der Waals surface area contributed by atoms with Crippen LogP contribution in [0.2, 0.25) is 0 Å². The van der Waals surface area contributed by atoms with Crippen LogP contribution >= 0.6 is 0 Å². The highest BCUT2D eigenvalue weighted by atomic mass is 14.2. The molecule has 0 N–H and O–H groups in total. The average molecular weight is 683 g/mol. The van der Waals surface area contributed by atoms with Crippen molar-refractivity contribution in [3.8, 4) is 44.5 Å². The Balaban J connectivity index is 1.25. The second kappa shape index (κ2) is 12.3. The molecule has 0 unspecified atom stereocenters. The van der Waals surface area contributed by atoms with E-state index in [1.165, 1.54) is 109 Å². The molecule has 0 aliphatic heterocycles. The van der Waals surface area contributed by atoms with Crippen LogP contribution in [-0.4, -0.2) is 0 Å². The largest absolute Gasteiger partial charge is 0.0622 e. The maximum atomic E-state index is 2.46. The van der Waals surface area contributed by atoms with Crippen molar-refractivity contribution in [3.63, 3.8) is 0 Å². The average Bonchev–Trinajstić information content (AvgIpc) is 3.25. The lowest BCUT2D eigenvalue weighted by Crippen LogP contribution is -1.93. The van der Waals surface area contributed by atoms with Crippen molar-refractivity contribution in [2.75, 3.05) is 0 Å². The Morgan fingerprint density at radius 3 is 1.56 bits per heavy atom. The van der Waals surface area contributed by atoms with Crippen molar-refractivity contribution in [1.29, 1.82) is 0 Å². The van der Waals surface area contributed by atoms with Crippen LogP contribution in [0.15, 0.2) is 206 Å². The molecule has 0 aliphatic carbocycles. The minimum absolute atomic E-state index is 1.22. The topological polar surface area (TPSA) is 0 Å². The van der Waals surface area contributed by atoms with Gasteiger partial charge in [0, 0.05) is 0 Å². The van der Waals surface area contributed by atoms with Gasteiger partial charge in [0.15, 0.2) is 0 Å². The van der Waals surface area contributed by atoms with E-state index < -0.39 is 0 Å².